The number of halogens is 1. The highest BCUT2D eigenvalue weighted by Crippen LogP contribution is 2.41. The highest BCUT2D eigenvalue weighted by atomic mass is 35.5. The highest BCUT2D eigenvalue weighted by Gasteiger charge is 2.39. The monoisotopic (exact) mass is 252 g/mol. The molecule has 0 atom stereocenters. The van der Waals surface area contributed by atoms with E-state index in [1.54, 1.807) is 0 Å². The van der Waals surface area contributed by atoms with Crippen LogP contribution in [0.25, 0.3) is 0 Å². The molecule has 0 bridgehead atoms. The normalized spacial score (nSPS) is 17.3. The van der Waals surface area contributed by atoms with Gasteiger partial charge in [-0.15, -0.1) is 0 Å². The summed E-state index contributed by atoms with van der Waals surface area (Å²) in [6.45, 7) is 0.391. The maximum Gasteiger partial charge on any atom is 0.221 e. The van der Waals surface area contributed by atoms with Crippen LogP contribution in [0.5, 0.6) is 0 Å². The third-order valence-corrected chi connectivity index (χ3v) is 3.61. The van der Waals surface area contributed by atoms with Gasteiger partial charge in [-0.2, -0.15) is 0 Å². The van der Waals surface area contributed by atoms with Crippen molar-refractivity contribution >= 4 is 17.5 Å². The summed E-state index contributed by atoms with van der Waals surface area (Å²) in [6.07, 6.45) is 3.51. The third kappa shape index (κ3) is 2.61. The molecule has 1 saturated carbocycles. The molecule has 4 heteroatoms. The first kappa shape index (κ1) is 12.4. The average molecular weight is 253 g/mol. The molecule has 3 N–H and O–H groups in total. The number of amides is 1. The molecule has 0 saturated heterocycles. The predicted octanol–water partition coefficient (Wildman–Crippen LogP) is 2.18. The van der Waals surface area contributed by atoms with Gasteiger partial charge in [-0.25, -0.2) is 0 Å². The van der Waals surface area contributed by atoms with Gasteiger partial charge in [0.05, 0.1) is 5.54 Å². The zero-order chi connectivity index (χ0) is 12.3. The van der Waals surface area contributed by atoms with Gasteiger partial charge in [-0.1, -0.05) is 23.7 Å². The molecule has 0 aliphatic heterocycles. The van der Waals surface area contributed by atoms with E-state index in [-0.39, 0.29) is 11.4 Å². The van der Waals surface area contributed by atoms with Crippen LogP contribution in [-0.4, -0.2) is 12.5 Å². The van der Waals surface area contributed by atoms with Crippen molar-refractivity contribution in [1.29, 1.82) is 0 Å². The quantitative estimate of drug-likeness (QED) is 0.863. The summed E-state index contributed by atoms with van der Waals surface area (Å²) < 4.78 is 0. The Balaban J connectivity index is 2.14. The Kier molecular flexibility index (Phi) is 3.69. The Morgan fingerprint density at radius 3 is 2.47 bits per heavy atom. The molecule has 0 aromatic heterocycles. The number of carbonyl (C=O) groups is 1. The molecule has 92 valence electrons. The second kappa shape index (κ2) is 5.07. The van der Waals surface area contributed by atoms with E-state index in [2.05, 4.69) is 5.32 Å². The zero-order valence-corrected chi connectivity index (χ0v) is 10.5. The topological polar surface area (TPSA) is 55.1 Å². The van der Waals surface area contributed by atoms with Crippen molar-refractivity contribution in [3.05, 3.63) is 34.9 Å². The molecule has 2 rings (SSSR count). The van der Waals surface area contributed by atoms with Crippen LogP contribution < -0.4 is 11.1 Å². The lowest BCUT2D eigenvalue weighted by atomic mass is 9.71. The molecule has 1 aliphatic carbocycles. The van der Waals surface area contributed by atoms with Crippen molar-refractivity contribution in [3.8, 4) is 0 Å². The number of nitrogens with one attached hydrogen (secondary N) is 1. The summed E-state index contributed by atoms with van der Waals surface area (Å²) in [7, 11) is 0. The fraction of sp³-hybridized carbons (Fsp3) is 0.462. The Labute approximate surface area is 106 Å². The third-order valence-electron chi connectivity index (χ3n) is 3.35. The Hall–Kier alpha value is -1.06. The van der Waals surface area contributed by atoms with Gasteiger partial charge in [0.1, 0.15) is 0 Å². The van der Waals surface area contributed by atoms with Crippen LogP contribution in [0.15, 0.2) is 24.3 Å². The van der Waals surface area contributed by atoms with Gasteiger partial charge in [-0.3, -0.25) is 4.79 Å². The molecule has 0 spiro atoms. The zero-order valence-electron chi connectivity index (χ0n) is 9.71. The number of rotatable bonds is 4. The van der Waals surface area contributed by atoms with Gasteiger partial charge in [0.2, 0.25) is 5.91 Å². The van der Waals surface area contributed by atoms with E-state index in [4.69, 9.17) is 17.3 Å². The van der Waals surface area contributed by atoms with E-state index in [0.717, 1.165) is 29.8 Å². The van der Waals surface area contributed by atoms with E-state index in [1.165, 1.54) is 0 Å². The van der Waals surface area contributed by atoms with Crippen molar-refractivity contribution in [1.82, 2.24) is 5.32 Å². The summed E-state index contributed by atoms with van der Waals surface area (Å²) in [6, 6.07) is 7.71. The van der Waals surface area contributed by atoms with Crippen molar-refractivity contribution in [3.63, 3.8) is 0 Å². The van der Waals surface area contributed by atoms with Gasteiger partial charge in [-0.05, 0) is 37.0 Å². The van der Waals surface area contributed by atoms with Crippen molar-refractivity contribution in [2.75, 3.05) is 6.54 Å². The first-order valence-electron chi connectivity index (χ1n) is 5.93. The second-order valence-corrected chi connectivity index (χ2v) is 4.97. The van der Waals surface area contributed by atoms with E-state index in [1.807, 2.05) is 24.3 Å². The predicted molar refractivity (Wildman–Crippen MR) is 68.8 cm³/mol. The summed E-state index contributed by atoms with van der Waals surface area (Å²) in [4.78, 5) is 11.7. The van der Waals surface area contributed by atoms with Crippen LogP contribution in [0.2, 0.25) is 5.02 Å². The number of hydrogen-bond donors (Lipinski definition) is 2. The molecular weight excluding hydrogens is 236 g/mol. The lowest BCUT2D eigenvalue weighted by Gasteiger charge is -2.43. The highest BCUT2D eigenvalue weighted by molar-refractivity contribution is 6.30. The SMILES string of the molecule is NCCC(=O)NC1(c2ccc(Cl)cc2)CCC1. The molecule has 3 nitrogen and oxygen atoms in total. The van der Waals surface area contributed by atoms with Crippen LogP contribution in [0.1, 0.15) is 31.2 Å². The van der Waals surface area contributed by atoms with Crippen molar-refractivity contribution < 1.29 is 4.79 Å². The standard InChI is InChI=1S/C13H17ClN2O/c14-11-4-2-10(3-5-11)13(7-1-8-13)16-12(17)6-9-15/h2-5H,1,6-9,15H2,(H,16,17). The summed E-state index contributed by atoms with van der Waals surface area (Å²) >= 11 is 5.87. The maximum absolute atomic E-state index is 11.7. The molecule has 1 fully saturated rings. The van der Waals surface area contributed by atoms with Crippen LogP contribution in [0.4, 0.5) is 0 Å². The van der Waals surface area contributed by atoms with Crippen molar-refractivity contribution in [2.45, 2.75) is 31.2 Å². The van der Waals surface area contributed by atoms with Gasteiger partial charge in [0.15, 0.2) is 0 Å². The van der Waals surface area contributed by atoms with Crippen molar-refractivity contribution in [2.24, 2.45) is 5.73 Å². The minimum Gasteiger partial charge on any atom is -0.347 e. The van der Waals surface area contributed by atoms with Crippen LogP contribution in [0.3, 0.4) is 0 Å². The van der Waals surface area contributed by atoms with Crippen LogP contribution in [0, 0.1) is 0 Å². The van der Waals surface area contributed by atoms with Gasteiger partial charge in [0, 0.05) is 18.0 Å². The van der Waals surface area contributed by atoms with E-state index < -0.39 is 0 Å². The van der Waals surface area contributed by atoms with Crippen LogP contribution in [-0.2, 0) is 10.3 Å². The van der Waals surface area contributed by atoms with Crippen LogP contribution >= 0.6 is 11.6 Å². The summed E-state index contributed by atoms with van der Waals surface area (Å²) in [5.41, 5.74) is 6.34. The smallest absolute Gasteiger partial charge is 0.221 e. The molecule has 1 amide bonds. The minimum atomic E-state index is -0.184. The fourth-order valence-electron chi connectivity index (χ4n) is 2.25. The van der Waals surface area contributed by atoms with Gasteiger partial charge >= 0.3 is 0 Å². The first-order chi connectivity index (χ1) is 8.16. The number of hydrogen-bond acceptors (Lipinski definition) is 2. The lowest BCUT2D eigenvalue weighted by molar-refractivity contribution is -0.124. The molecule has 1 aliphatic rings. The number of benzene rings is 1. The Morgan fingerprint density at radius 2 is 2.00 bits per heavy atom. The molecule has 17 heavy (non-hydrogen) atoms. The average Bonchev–Trinajstić information content (AvgIpc) is 2.25. The Bertz CT molecular complexity index is 398. The summed E-state index contributed by atoms with van der Waals surface area (Å²) in [5.74, 6) is 0.0298. The lowest BCUT2D eigenvalue weighted by Crippen LogP contribution is -2.51. The molecular formula is C13H17ClN2O. The maximum atomic E-state index is 11.7. The first-order valence-corrected chi connectivity index (χ1v) is 6.31. The number of carbonyl (C=O) groups excluding carboxylic acids is 1. The molecule has 0 radical (unpaired) electrons. The van der Waals surface area contributed by atoms with Gasteiger partial charge < -0.3 is 11.1 Å². The van der Waals surface area contributed by atoms with E-state index in [0.29, 0.717) is 13.0 Å². The number of nitrogens with two attached hydrogens (primary N) is 1. The largest absolute Gasteiger partial charge is 0.347 e. The molecule has 1 aromatic carbocycles. The fourth-order valence-corrected chi connectivity index (χ4v) is 2.37. The van der Waals surface area contributed by atoms with E-state index in [9.17, 15) is 4.79 Å². The molecule has 0 unspecified atom stereocenters. The van der Waals surface area contributed by atoms with Gasteiger partial charge in [0.25, 0.3) is 0 Å². The minimum absolute atomic E-state index is 0.0298. The second-order valence-electron chi connectivity index (χ2n) is 4.53. The molecule has 1 aromatic rings. The summed E-state index contributed by atoms with van der Waals surface area (Å²) in [5, 5.41) is 3.82. The van der Waals surface area contributed by atoms with E-state index >= 15 is 0 Å². The Morgan fingerprint density at radius 1 is 1.35 bits per heavy atom. The molecule has 0 heterocycles.